The largest absolute Gasteiger partial charge is 0.381 e. The Balaban J connectivity index is 1.18. The molecule has 3 saturated heterocycles. The minimum absolute atomic E-state index is 0.0525. The first-order valence-electron chi connectivity index (χ1n) is 18.1. The summed E-state index contributed by atoms with van der Waals surface area (Å²) in [5, 5.41) is 11.2. The number of nitrogens with two attached hydrogens (primary N) is 1. The highest BCUT2D eigenvalue weighted by Crippen LogP contribution is 2.41. The molecule has 2 unspecified atom stereocenters. The summed E-state index contributed by atoms with van der Waals surface area (Å²) >= 11 is 0. The van der Waals surface area contributed by atoms with Gasteiger partial charge in [0.2, 0.25) is 0 Å². The van der Waals surface area contributed by atoms with Gasteiger partial charge >= 0.3 is 0 Å². The molecular formula is C36H48F2N8O3. The average Bonchev–Trinajstić information content (AvgIpc) is 3.37. The van der Waals surface area contributed by atoms with E-state index in [9.17, 15) is 14.0 Å². The molecular weight excluding hydrogens is 630 g/mol. The average molecular weight is 679 g/mol. The van der Waals surface area contributed by atoms with Crippen molar-refractivity contribution >= 4 is 23.3 Å². The standard InChI is InChI=1S/C36H48F2N8O3/c37-25-20-40-33-30(32(39)43-46(33)21-25)34(47)42-31-28(11-14-41-36(31)12-7-5-3-1-2-4-6-8-13-36)27-10-9-24(19-29(27)38)35(48)45-17-15-44(16-18-45)26-22-49-23-26/h9-10,19-21,26,28,31,41H,1-8,11-18,22-23H2,(H2,39,43)(H,42,47). The SMILES string of the molecule is Nc1nn2cc(F)cnc2c1C(=O)NC1C(c2ccc(C(=O)N3CCN(C4COC4)CC3)cc2F)CCNC12CCCCCCCCCC2. The highest BCUT2D eigenvalue weighted by atomic mass is 19.1. The molecule has 4 N–H and O–H groups in total. The van der Waals surface area contributed by atoms with Crippen molar-refractivity contribution < 1.29 is 23.1 Å². The van der Waals surface area contributed by atoms with Gasteiger partial charge in [-0.1, -0.05) is 57.4 Å². The van der Waals surface area contributed by atoms with Gasteiger partial charge in [-0.05, 0) is 43.5 Å². The monoisotopic (exact) mass is 678 g/mol. The number of hydrogen-bond acceptors (Lipinski definition) is 8. The summed E-state index contributed by atoms with van der Waals surface area (Å²) in [4.78, 5) is 35.9. The molecule has 3 aromatic rings. The van der Waals surface area contributed by atoms with Crippen molar-refractivity contribution in [3.05, 3.63) is 58.9 Å². The molecule has 4 fully saturated rings. The molecule has 2 atom stereocenters. The minimum Gasteiger partial charge on any atom is -0.381 e. The van der Waals surface area contributed by atoms with E-state index in [4.69, 9.17) is 10.5 Å². The fraction of sp³-hybridized carbons (Fsp3) is 0.611. The summed E-state index contributed by atoms with van der Waals surface area (Å²) in [5.41, 5.74) is 6.78. The van der Waals surface area contributed by atoms with Crippen LogP contribution >= 0.6 is 0 Å². The number of anilines is 1. The summed E-state index contributed by atoms with van der Waals surface area (Å²) in [6, 6.07) is 4.79. The van der Waals surface area contributed by atoms with Crippen LogP contribution in [-0.4, -0.2) is 99.8 Å². The number of ether oxygens (including phenoxy) is 1. The molecule has 1 spiro atoms. The molecule has 0 bridgehead atoms. The summed E-state index contributed by atoms with van der Waals surface area (Å²) in [5.74, 6) is -2.10. The first-order valence-corrected chi connectivity index (χ1v) is 18.1. The Morgan fingerprint density at radius 3 is 2.33 bits per heavy atom. The molecule has 0 radical (unpaired) electrons. The van der Waals surface area contributed by atoms with Gasteiger partial charge in [0, 0.05) is 43.2 Å². The number of piperazine rings is 1. The molecule has 49 heavy (non-hydrogen) atoms. The summed E-state index contributed by atoms with van der Waals surface area (Å²) in [6.07, 6.45) is 13.4. The maximum absolute atomic E-state index is 16.3. The zero-order valence-electron chi connectivity index (χ0n) is 28.1. The first kappa shape index (κ1) is 33.8. The van der Waals surface area contributed by atoms with Gasteiger partial charge in [-0.25, -0.2) is 18.3 Å². The molecule has 264 valence electrons. The third kappa shape index (κ3) is 7.02. The number of carbonyl (C=O) groups excluding carboxylic acids is 2. The number of halogens is 2. The number of hydrogen-bond donors (Lipinski definition) is 3. The molecule has 1 aromatic carbocycles. The fourth-order valence-corrected chi connectivity index (χ4v) is 8.49. The smallest absolute Gasteiger partial charge is 0.259 e. The number of benzene rings is 1. The number of carbonyl (C=O) groups is 2. The number of fused-ring (bicyclic) bond motifs is 1. The Morgan fingerprint density at radius 1 is 0.980 bits per heavy atom. The zero-order chi connectivity index (χ0) is 34.0. The second kappa shape index (κ2) is 14.7. The van der Waals surface area contributed by atoms with Crippen LogP contribution in [0, 0.1) is 11.6 Å². The van der Waals surface area contributed by atoms with Crippen LogP contribution in [0.5, 0.6) is 0 Å². The van der Waals surface area contributed by atoms with E-state index in [1.54, 1.807) is 17.0 Å². The lowest BCUT2D eigenvalue weighted by molar-refractivity contribution is -0.0746. The van der Waals surface area contributed by atoms with Crippen molar-refractivity contribution in [3.63, 3.8) is 0 Å². The van der Waals surface area contributed by atoms with E-state index in [0.717, 1.165) is 77.2 Å². The molecule has 1 aliphatic carbocycles. The molecule has 5 heterocycles. The Kier molecular flexibility index (Phi) is 10.1. The Hall–Kier alpha value is -3.68. The van der Waals surface area contributed by atoms with Crippen molar-refractivity contribution in [2.75, 3.05) is 51.7 Å². The molecule has 13 heteroatoms. The van der Waals surface area contributed by atoms with Gasteiger partial charge in [-0.3, -0.25) is 14.5 Å². The Labute approximate surface area is 285 Å². The summed E-state index contributed by atoms with van der Waals surface area (Å²) < 4.78 is 36.8. The van der Waals surface area contributed by atoms with Gasteiger partial charge in [0.15, 0.2) is 17.3 Å². The Bertz CT molecular complexity index is 1640. The zero-order valence-corrected chi connectivity index (χ0v) is 28.1. The normalized spacial score (nSPS) is 24.3. The number of nitrogens with zero attached hydrogens (tertiary/aromatic N) is 5. The van der Waals surface area contributed by atoms with Crippen LogP contribution in [0.15, 0.2) is 30.6 Å². The quantitative estimate of drug-likeness (QED) is 0.365. The van der Waals surface area contributed by atoms with Crippen LogP contribution in [0.3, 0.4) is 0 Å². The maximum atomic E-state index is 16.3. The number of nitrogen functional groups attached to an aromatic ring is 1. The molecule has 4 aliphatic rings. The van der Waals surface area contributed by atoms with E-state index in [0.29, 0.717) is 43.2 Å². The topological polar surface area (TPSA) is 130 Å². The van der Waals surface area contributed by atoms with E-state index in [-0.39, 0.29) is 28.9 Å². The van der Waals surface area contributed by atoms with E-state index in [1.807, 2.05) is 0 Å². The highest BCUT2D eigenvalue weighted by Gasteiger charge is 2.47. The first-order chi connectivity index (χ1) is 23.8. The lowest BCUT2D eigenvalue weighted by Crippen LogP contribution is -2.66. The molecule has 2 amide bonds. The van der Waals surface area contributed by atoms with Gasteiger partial charge < -0.3 is 26.0 Å². The number of amides is 2. The van der Waals surface area contributed by atoms with Crippen LogP contribution in [0.4, 0.5) is 14.6 Å². The predicted octanol–water partition coefficient (Wildman–Crippen LogP) is 4.28. The van der Waals surface area contributed by atoms with E-state index in [1.165, 1.54) is 36.3 Å². The second-order valence-corrected chi connectivity index (χ2v) is 14.3. The van der Waals surface area contributed by atoms with Crippen LogP contribution in [0.1, 0.15) is 103 Å². The minimum atomic E-state index is -0.599. The second-order valence-electron chi connectivity index (χ2n) is 14.3. The van der Waals surface area contributed by atoms with Crippen LogP contribution < -0.4 is 16.4 Å². The van der Waals surface area contributed by atoms with Crippen LogP contribution in [-0.2, 0) is 4.74 Å². The maximum Gasteiger partial charge on any atom is 0.259 e. The van der Waals surface area contributed by atoms with Gasteiger partial charge in [0.1, 0.15) is 11.4 Å². The highest BCUT2D eigenvalue weighted by molar-refractivity contribution is 6.04. The molecule has 7 rings (SSSR count). The van der Waals surface area contributed by atoms with Crippen molar-refractivity contribution in [2.24, 2.45) is 0 Å². The van der Waals surface area contributed by atoms with Gasteiger partial charge in [-0.15, -0.1) is 5.10 Å². The van der Waals surface area contributed by atoms with Gasteiger partial charge in [0.05, 0.1) is 37.7 Å². The molecule has 2 aromatic heterocycles. The lowest BCUT2D eigenvalue weighted by atomic mass is 9.69. The van der Waals surface area contributed by atoms with Crippen molar-refractivity contribution in [2.45, 2.75) is 94.2 Å². The lowest BCUT2D eigenvalue weighted by Gasteiger charge is -2.50. The number of nitrogens with one attached hydrogen (secondary N) is 2. The van der Waals surface area contributed by atoms with Crippen molar-refractivity contribution in [1.82, 2.24) is 35.0 Å². The summed E-state index contributed by atoms with van der Waals surface area (Å²) in [7, 11) is 0. The Morgan fingerprint density at radius 2 is 1.67 bits per heavy atom. The molecule has 1 saturated carbocycles. The fourth-order valence-electron chi connectivity index (χ4n) is 8.49. The van der Waals surface area contributed by atoms with Crippen molar-refractivity contribution in [3.8, 4) is 0 Å². The van der Waals surface area contributed by atoms with Crippen LogP contribution in [0.25, 0.3) is 5.65 Å². The number of piperidine rings is 1. The van der Waals surface area contributed by atoms with E-state index < -0.39 is 29.1 Å². The van der Waals surface area contributed by atoms with Gasteiger partial charge in [-0.2, -0.15) is 0 Å². The van der Waals surface area contributed by atoms with Gasteiger partial charge in [0.25, 0.3) is 11.8 Å². The van der Waals surface area contributed by atoms with E-state index >= 15 is 4.39 Å². The summed E-state index contributed by atoms with van der Waals surface area (Å²) in [6.45, 7) is 4.90. The van der Waals surface area contributed by atoms with E-state index in [2.05, 4.69) is 25.6 Å². The van der Waals surface area contributed by atoms with Crippen LogP contribution in [0.2, 0.25) is 0 Å². The third-order valence-corrected chi connectivity index (χ3v) is 11.3. The third-order valence-electron chi connectivity index (χ3n) is 11.3. The molecule has 11 nitrogen and oxygen atoms in total. The number of aromatic nitrogens is 3. The predicted molar refractivity (Wildman–Crippen MR) is 181 cm³/mol. The number of rotatable bonds is 5. The van der Waals surface area contributed by atoms with Crippen molar-refractivity contribution in [1.29, 1.82) is 0 Å². The molecule has 3 aliphatic heterocycles.